The van der Waals surface area contributed by atoms with Crippen LogP contribution in [0.5, 0.6) is 0 Å². The summed E-state index contributed by atoms with van der Waals surface area (Å²) >= 11 is 0. The Labute approximate surface area is 187 Å². The summed E-state index contributed by atoms with van der Waals surface area (Å²) in [7, 11) is 0. The molecular formula is C23H23F3N4O3. The summed E-state index contributed by atoms with van der Waals surface area (Å²) in [4.78, 5) is 30.9. The minimum absolute atomic E-state index is 0.0141. The Hall–Kier alpha value is -3.56. The van der Waals surface area contributed by atoms with Crippen molar-refractivity contribution in [2.75, 3.05) is 23.3 Å². The second-order valence-electron chi connectivity index (χ2n) is 8.09. The van der Waals surface area contributed by atoms with Crippen molar-refractivity contribution >= 4 is 23.1 Å². The fraction of sp³-hybridized carbons (Fsp3) is 0.348. The van der Waals surface area contributed by atoms with Gasteiger partial charge in [-0.05, 0) is 44.4 Å². The number of piperidine rings is 1. The van der Waals surface area contributed by atoms with E-state index in [2.05, 4.69) is 10.3 Å². The third-order valence-corrected chi connectivity index (χ3v) is 5.78. The molecule has 0 unspecified atom stereocenters. The van der Waals surface area contributed by atoms with Crippen LogP contribution >= 0.6 is 0 Å². The number of carboxylic acids is 1. The molecule has 1 atom stereocenters. The number of benzene rings is 1. The van der Waals surface area contributed by atoms with E-state index in [0.717, 1.165) is 49.0 Å². The first-order chi connectivity index (χ1) is 15.6. The molecule has 1 saturated heterocycles. The molecular weight excluding hydrogens is 437 g/mol. The molecule has 0 saturated carbocycles. The molecule has 174 valence electrons. The molecule has 7 nitrogen and oxygen atoms in total. The number of anilines is 2. The van der Waals surface area contributed by atoms with Crippen LogP contribution in [-0.2, 0) is 6.18 Å². The van der Waals surface area contributed by atoms with Gasteiger partial charge in [0.2, 0.25) is 0 Å². The minimum atomic E-state index is -4.67. The number of nitrogens with zero attached hydrogens (tertiary/aromatic N) is 3. The Balaban J connectivity index is 1.86. The first-order valence-corrected chi connectivity index (χ1v) is 10.6. The van der Waals surface area contributed by atoms with E-state index in [1.165, 1.54) is 18.2 Å². The molecule has 3 heterocycles. The van der Waals surface area contributed by atoms with Crippen molar-refractivity contribution in [3.63, 3.8) is 0 Å². The van der Waals surface area contributed by atoms with E-state index in [1.807, 2.05) is 4.90 Å². The Kier molecular flexibility index (Phi) is 6.01. The van der Waals surface area contributed by atoms with Gasteiger partial charge in [0.15, 0.2) is 0 Å². The first-order valence-electron chi connectivity index (χ1n) is 10.6. The van der Waals surface area contributed by atoms with Crippen LogP contribution in [-0.4, -0.2) is 33.6 Å². The molecule has 0 aliphatic carbocycles. The predicted molar refractivity (Wildman–Crippen MR) is 118 cm³/mol. The van der Waals surface area contributed by atoms with Gasteiger partial charge in [0.25, 0.3) is 5.56 Å². The summed E-state index contributed by atoms with van der Waals surface area (Å²) in [5.41, 5.74) is -1.11. The van der Waals surface area contributed by atoms with Crippen molar-refractivity contribution in [2.24, 2.45) is 0 Å². The highest BCUT2D eigenvalue weighted by Gasteiger charge is 2.33. The Morgan fingerprint density at radius 1 is 1.15 bits per heavy atom. The number of aromatic carboxylic acids is 1. The Morgan fingerprint density at radius 3 is 2.52 bits per heavy atom. The quantitative estimate of drug-likeness (QED) is 0.580. The molecule has 1 aromatic carbocycles. The molecule has 1 aliphatic heterocycles. The van der Waals surface area contributed by atoms with Crippen molar-refractivity contribution in [1.82, 2.24) is 9.38 Å². The molecule has 1 fully saturated rings. The maximum absolute atomic E-state index is 13.6. The number of para-hydroxylation sites is 1. The molecule has 4 rings (SSSR count). The van der Waals surface area contributed by atoms with E-state index < -0.39 is 29.3 Å². The number of pyridine rings is 1. The zero-order chi connectivity index (χ0) is 23.8. The molecule has 3 aromatic rings. The number of hydrogen-bond donors (Lipinski definition) is 2. The van der Waals surface area contributed by atoms with Crippen molar-refractivity contribution in [3.05, 3.63) is 69.6 Å². The van der Waals surface area contributed by atoms with Gasteiger partial charge in [-0.25, -0.2) is 9.78 Å². The molecule has 10 heteroatoms. The van der Waals surface area contributed by atoms with Crippen LogP contribution in [0.3, 0.4) is 0 Å². The van der Waals surface area contributed by atoms with Gasteiger partial charge >= 0.3 is 12.1 Å². The summed E-state index contributed by atoms with van der Waals surface area (Å²) in [6.45, 7) is 3.05. The highest BCUT2D eigenvalue weighted by atomic mass is 19.4. The Morgan fingerprint density at radius 2 is 1.85 bits per heavy atom. The van der Waals surface area contributed by atoms with Crippen LogP contribution in [0.1, 0.15) is 53.7 Å². The van der Waals surface area contributed by atoms with Crippen LogP contribution in [0.15, 0.2) is 47.4 Å². The number of alkyl halides is 3. The van der Waals surface area contributed by atoms with E-state index in [0.29, 0.717) is 5.82 Å². The van der Waals surface area contributed by atoms with Crippen LogP contribution in [0.25, 0.3) is 5.65 Å². The minimum Gasteiger partial charge on any atom is -0.478 e. The van der Waals surface area contributed by atoms with Crippen molar-refractivity contribution < 1.29 is 23.1 Å². The average molecular weight is 460 g/mol. The number of fused-ring (bicyclic) bond motifs is 1. The molecule has 2 aromatic heterocycles. The van der Waals surface area contributed by atoms with Gasteiger partial charge in [0.05, 0.1) is 17.2 Å². The number of nitrogens with one attached hydrogen (secondary N) is 1. The third kappa shape index (κ3) is 4.64. The molecule has 0 bridgehead atoms. The lowest BCUT2D eigenvalue weighted by Crippen LogP contribution is -2.32. The van der Waals surface area contributed by atoms with E-state index in [-0.39, 0.29) is 22.5 Å². The summed E-state index contributed by atoms with van der Waals surface area (Å²) in [6, 6.07) is 7.58. The lowest BCUT2D eigenvalue weighted by Gasteiger charge is -2.28. The summed E-state index contributed by atoms with van der Waals surface area (Å²) in [5.74, 6) is -0.736. The molecule has 0 spiro atoms. The molecule has 2 N–H and O–H groups in total. The normalized spacial score (nSPS) is 15.5. The fourth-order valence-corrected chi connectivity index (χ4v) is 4.08. The Bertz CT molecular complexity index is 1250. The van der Waals surface area contributed by atoms with E-state index >= 15 is 0 Å². The van der Waals surface area contributed by atoms with Gasteiger partial charge in [-0.15, -0.1) is 0 Å². The van der Waals surface area contributed by atoms with Crippen LogP contribution in [0.4, 0.5) is 24.7 Å². The molecule has 1 aliphatic rings. The largest absolute Gasteiger partial charge is 0.478 e. The lowest BCUT2D eigenvalue weighted by atomic mass is 10.1. The number of aromatic nitrogens is 2. The monoisotopic (exact) mass is 460 g/mol. The molecule has 0 radical (unpaired) electrons. The predicted octanol–water partition coefficient (Wildman–Crippen LogP) is 4.57. The van der Waals surface area contributed by atoms with Crippen molar-refractivity contribution in [3.8, 4) is 0 Å². The zero-order valence-corrected chi connectivity index (χ0v) is 17.9. The number of carbonyl (C=O) groups is 1. The maximum atomic E-state index is 13.6. The number of carboxylic acid groups (broad SMARTS) is 1. The fourth-order valence-electron chi connectivity index (χ4n) is 4.08. The van der Waals surface area contributed by atoms with Gasteiger partial charge in [-0.2, -0.15) is 13.2 Å². The van der Waals surface area contributed by atoms with Crippen LogP contribution < -0.4 is 15.8 Å². The van der Waals surface area contributed by atoms with E-state index in [9.17, 15) is 27.9 Å². The smallest absolute Gasteiger partial charge is 0.417 e. The average Bonchev–Trinajstić information content (AvgIpc) is 2.78. The van der Waals surface area contributed by atoms with Gasteiger partial charge in [-0.1, -0.05) is 12.1 Å². The summed E-state index contributed by atoms with van der Waals surface area (Å²) in [6.07, 6.45) is -0.943. The van der Waals surface area contributed by atoms with Gasteiger partial charge in [0.1, 0.15) is 11.5 Å². The number of rotatable bonds is 5. The van der Waals surface area contributed by atoms with Gasteiger partial charge < -0.3 is 15.3 Å². The molecule has 33 heavy (non-hydrogen) atoms. The molecule has 0 amide bonds. The van der Waals surface area contributed by atoms with E-state index in [1.54, 1.807) is 19.1 Å². The highest BCUT2D eigenvalue weighted by molar-refractivity contribution is 5.94. The third-order valence-electron chi connectivity index (χ3n) is 5.78. The summed E-state index contributed by atoms with van der Waals surface area (Å²) < 4.78 is 41.8. The highest BCUT2D eigenvalue weighted by Crippen LogP contribution is 2.33. The van der Waals surface area contributed by atoms with Crippen LogP contribution in [0.2, 0.25) is 0 Å². The number of halogens is 3. The second kappa shape index (κ2) is 8.76. The van der Waals surface area contributed by atoms with Gasteiger partial charge in [-0.3, -0.25) is 9.20 Å². The maximum Gasteiger partial charge on any atom is 0.417 e. The van der Waals surface area contributed by atoms with Crippen molar-refractivity contribution in [2.45, 2.75) is 38.4 Å². The second-order valence-corrected chi connectivity index (χ2v) is 8.09. The van der Waals surface area contributed by atoms with Crippen molar-refractivity contribution in [1.29, 1.82) is 0 Å². The standard InChI is InChI=1S/C23H23F3N4O3/c1-14(27-18-8-4-3-7-16(18)22(32)33)17-11-15(23(24,25)26)13-30-20(31)12-19(28-21(17)30)29-9-5-2-6-10-29/h3-4,7-8,11-14,27H,2,5-6,9-10H2,1H3,(H,32,33)/t14-/m1/s1. The SMILES string of the molecule is C[C@@H](Nc1ccccc1C(=O)O)c1cc(C(F)(F)F)cn2c(=O)cc(N3CCCCC3)nc12. The zero-order valence-electron chi connectivity index (χ0n) is 17.9. The lowest BCUT2D eigenvalue weighted by molar-refractivity contribution is -0.137. The number of hydrogen-bond acceptors (Lipinski definition) is 5. The summed E-state index contributed by atoms with van der Waals surface area (Å²) in [5, 5.41) is 12.4. The first kappa shape index (κ1) is 22.6. The van der Waals surface area contributed by atoms with E-state index in [4.69, 9.17) is 0 Å². The van der Waals surface area contributed by atoms with Gasteiger partial charge in [0, 0.05) is 36.6 Å². The topological polar surface area (TPSA) is 86.9 Å². The van der Waals surface area contributed by atoms with Crippen LogP contribution in [0, 0.1) is 0 Å².